The van der Waals surface area contributed by atoms with Gasteiger partial charge in [0.1, 0.15) is 0 Å². The van der Waals surface area contributed by atoms with Gasteiger partial charge in [-0.2, -0.15) is 0 Å². The van der Waals surface area contributed by atoms with Crippen LogP contribution in [0.1, 0.15) is 33.5 Å². The van der Waals surface area contributed by atoms with Crippen LogP contribution in [0.2, 0.25) is 0 Å². The molecule has 0 saturated carbocycles. The van der Waals surface area contributed by atoms with Gasteiger partial charge in [-0.15, -0.1) is 0 Å². The van der Waals surface area contributed by atoms with Gasteiger partial charge in [-0.1, -0.05) is 57.9 Å². The number of anilines is 1. The monoisotopic (exact) mass is 474 g/mol. The Morgan fingerprint density at radius 2 is 1.81 bits per heavy atom. The fourth-order valence-corrected chi connectivity index (χ4v) is 5.15. The van der Waals surface area contributed by atoms with Crippen LogP contribution in [0, 0.1) is 20.8 Å². The molecule has 156 valence electrons. The number of H-pyrrole nitrogens is 1. The fraction of sp³-hybridized carbons (Fsp3) is 0.192. The minimum Gasteiger partial charge on any atom is -0.372 e. The summed E-state index contributed by atoms with van der Waals surface area (Å²) in [6.07, 6.45) is 0. The number of aryl methyl sites for hydroxylation is 3. The van der Waals surface area contributed by atoms with E-state index >= 15 is 0 Å². The van der Waals surface area contributed by atoms with Crippen LogP contribution < -0.4 is 4.90 Å². The highest BCUT2D eigenvalue weighted by molar-refractivity contribution is 9.10. The molecular weight excluding hydrogens is 452 g/mol. The first-order valence-electron chi connectivity index (χ1n) is 10.3. The molecule has 3 aromatic carbocycles. The molecule has 0 aliphatic carbocycles. The molecule has 31 heavy (non-hydrogen) atoms. The summed E-state index contributed by atoms with van der Waals surface area (Å²) in [5, 5.41) is 13.0. The maximum Gasteiger partial charge on any atom is 0.268 e. The molecule has 0 fully saturated rings. The number of hydrogen-bond acceptors (Lipinski definition) is 2. The van der Waals surface area contributed by atoms with E-state index in [4.69, 9.17) is 0 Å². The van der Waals surface area contributed by atoms with Crippen LogP contribution in [0.25, 0.3) is 10.9 Å². The van der Waals surface area contributed by atoms with Crippen LogP contribution in [0.15, 0.2) is 65.1 Å². The summed E-state index contributed by atoms with van der Waals surface area (Å²) in [5.74, 6) is -0.326. The minimum absolute atomic E-state index is 0.326. The number of aliphatic hydroxyl groups is 1. The van der Waals surface area contributed by atoms with E-state index in [1.165, 1.54) is 5.56 Å². The number of nitrogens with zero attached hydrogens (tertiary/aromatic N) is 1. The van der Waals surface area contributed by atoms with Crippen molar-refractivity contribution >= 4 is 38.4 Å². The Bertz CT molecular complexity index is 1360. The Hall–Kier alpha value is -2.89. The molecule has 0 unspecified atom stereocenters. The molecule has 1 amide bonds. The first-order chi connectivity index (χ1) is 14.8. The van der Waals surface area contributed by atoms with Gasteiger partial charge in [0, 0.05) is 32.2 Å². The molecule has 2 N–H and O–H groups in total. The smallest absolute Gasteiger partial charge is 0.268 e. The molecule has 2 heterocycles. The average molecular weight is 475 g/mol. The quantitative estimate of drug-likeness (QED) is 0.403. The number of rotatable bonds is 3. The highest BCUT2D eigenvalue weighted by atomic mass is 79.9. The van der Waals surface area contributed by atoms with Crippen LogP contribution in [0.5, 0.6) is 0 Å². The second-order valence-electron chi connectivity index (χ2n) is 8.36. The highest BCUT2D eigenvalue weighted by Crippen LogP contribution is 2.48. The van der Waals surface area contributed by atoms with Crippen molar-refractivity contribution in [3.8, 4) is 0 Å². The van der Waals surface area contributed by atoms with Crippen LogP contribution in [-0.2, 0) is 16.9 Å². The first kappa shape index (κ1) is 20.0. The van der Waals surface area contributed by atoms with E-state index in [0.717, 1.165) is 37.9 Å². The summed E-state index contributed by atoms with van der Waals surface area (Å²) in [4.78, 5) is 19.0. The Morgan fingerprint density at radius 1 is 1.03 bits per heavy atom. The maximum absolute atomic E-state index is 13.9. The van der Waals surface area contributed by atoms with Crippen molar-refractivity contribution in [2.24, 2.45) is 0 Å². The van der Waals surface area contributed by atoms with Gasteiger partial charge in [0.05, 0.1) is 12.2 Å². The van der Waals surface area contributed by atoms with Gasteiger partial charge < -0.3 is 15.0 Å². The summed E-state index contributed by atoms with van der Waals surface area (Å²) >= 11 is 3.53. The number of fused-ring (bicyclic) bond motifs is 2. The third-order valence-corrected chi connectivity index (χ3v) is 6.77. The number of amides is 1. The van der Waals surface area contributed by atoms with E-state index < -0.39 is 5.60 Å². The molecule has 1 aromatic heterocycles. The van der Waals surface area contributed by atoms with Crippen LogP contribution >= 0.6 is 15.9 Å². The zero-order chi connectivity index (χ0) is 21.9. The van der Waals surface area contributed by atoms with Gasteiger partial charge in [0.2, 0.25) is 0 Å². The van der Waals surface area contributed by atoms with Gasteiger partial charge in [-0.25, -0.2) is 0 Å². The Morgan fingerprint density at radius 3 is 2.58 bits per heavy atom. The molecule has 0 spiro atoms. The van der Waals surface area contributed by atoms with Crippen LogP contribution in [0.4, 0.5) is 5.69 Å². The standard InChI is InChI=1S/C26H23BrN2O2/c1-15-8-9-18(16(2)12-15)14-29-23-11-10-19(27)13-21(23)26(31,25(29)30)24-17(3)28-22-7-5-4-6-20(22)24/h4-13,28,31H,14H2,1-3H3/t26-/m0/s1. The summed E-state index contributed by atoms with van der Waals surface area (Å²) in [6.45, 7) is 6.43. The molecule has 5 heteroatoms. The van der Waals surface area contributed by atoms with Gasteiger partial charge >= 0.3 is 0 Å². The Balaban J connectivity index is 1.71. The van der Waals surface area contributed by atoms with Gasteiger partial charge in [-0.3, -0.25) is 4.79 Å². The molecule has 1 aliphatic heterocycles. The van der Waals surface area contributed by atoms with E-state index in [1.54, 1.807) is 4.90 Å². The fourth-order valence-electron chi connectivity index (χ4n) is 4.79. The van der Waals surface area contributed by atoms with Crippen molar-refractivity contribution in [3.05, 3.63) is 98.6 Å². The van der Waals surface area contributed by atoms with Crippen molar-refractivity contribution in [2.45, 2.75) is 32.9 Å². The number of nitrogens with one attached hydrogen (secondary N) is 1. The van der Waals surface area contributed by atoms with Crippen molar-refractivity contribution < 1.29 is 9.90 Å². The van der Waals surface area contributed by atoms with E-state index in [1.807, 2.05) is 49.4 Å². The molecule has 1 atom stereocenters. The number of carbonyl (C=O) groups excluding carboxylic acids is 1. The molecule has 5 rings (SSSR count). The van der Waals surface area contributed by atoms with Gasteiger partial charge in [0.25, 0.3) is 5.91 Å². The lowest BCUT2D eigenvalue weighted by Gasteiger charge is -2.24. The lowest BCUT2D eigenvalue weighted by atomic mass is 9.85. The van der Waals surface area contributed by atoms with Gasteiger partial charge in [-0.05, 0) is 56.2 Å². The average Bonchev–Trinajstić information content (AvgIpc) is 3.17. The van der Waals surface area contributed by atoms with E-state index in [0.29, 0.717) is 17.7 Å². The largest absolute Gasteiger partial charge is 0.372 e. The molecule has 1 aliphatic rings. The molecule has 0 saturated heterocycles. The third kappa shape index (κ3) is 2.95. The molecular formula is C26H23BrN2O2. The van der Waals surface area contributed by atoms with Crippen molar-refractivity contribution in [1.29, 1.82) is 0 Å². The molecule has 4 aromatic rings. The van der Waals surface area contributed by atoms with Crippen LogP contribution in [-0.4, -0.2) is 16.0 Å². The predicted octanol–water partition coefficient (Wildman–Crippen LogP) is 5.64. The predicted molar refractivity (Wildman–Crippen MR) is 127 cm³/mol. The van der Waals surface area contributed by atoms with Crippen molar-refractivity contribution in [3.63, 3.8) is 0 Å². The third-order valence-electron chi connectivity index (χ3n) is 6.28. The number of carbonyl (C=O) groups is 1. The number of hydrogen-bond donors (Lipinski definition) is 2. The lowest BCUT2D eigenvalue weighted by Crippen LogP contribution is -2.41. The number of benzene rings is 3. The van der Waals surface area contributed by atoms with Crippen LogP contribution in [0.3, 0.4) is 0 Å². The summed E-state index contributed by atoms with van der Waals surface area (Å²) in [6, 6.07) is 19.7. The number of aromatic amines is 1. The summed E-state index contributed by atoms with van der Waals surface area (Å²) < 4.78 is 0.823. The molecule has 0 radical (unpaired) electrons. The van der Waals surface area contributed by atoms with E-state index in [-0.39, 0.29) is 5.91 Å². The molecule has 0 bridgehead atoms. The molecule has 4 nitrogen and oxygen atoms in total. The second-order valence-corrected chi connectivity index (χ2v) is 9.28. The Labute approximate surface area is 189 Å². The topological polar surface area (TPSA) is 56.3 Å². The summed E-state index contributed by atoms with van der Waals surface area (Å²) in [5.41, 5.74) is 5.26. The first-order valence-corrected chi connectivity index (χ1v) is 11.1. The zero-order valence-corrected chi connectivity index (χ0v) is 19.2. The number of para-hydroxylation sites is 1. The normalized spacial score (nSPS) is 18.1. The highest BCUT2D eigenvalue weighted by Gasteiger charge is 2.53. The number of aromatic nitrogens is 1. The SMILES string of the molecule is Cc1ccc(CN2C(=O)[C@@](O)(c3c(C)[nH]c4ccccc34)c3cc(Br)ccc32)c(C)c1. The Kier molecular flexibility index (Phi) is 4.57. The van der Waals surface area contributed by atoms with E-state index in [9.17, 15) is 9.90 Å². The minimum atomic E-state index is -1.76. The maximum atomic E-state index is 13.9. The lowest BCUT2D eigenvalue weighted by molar-refractivity contribution is -0.132. The van der Waals surface area contributed by atoms with Crippen molar-refractivity contribution in [2.75, 3.05) is 4.90 Å². The van der Waals surface area contributed by atoms with Crippen molar-refractivity contribution in [1.82, 2.24) is 4.98 Å². The second kappa shape index (κ2) is 7.08. The van der Waals surface area contributed by atoms with Gasteiger partial charge in [0.15, 0.2) is 5.60 Å². The van der Waals surface area contributed by atoms with E-state index in [2.05, 4.69) is 53.0 Å². The zero-order valence-electron chi connectivity index (χ0n) is 17.7. The number of halogens is 1. The summed E-state index contributed by atoms with van der Waals surface area (Å²) in [7, 11) is 0.